The molecule has 1 fully saturated rings. The maximum Gasteiger partial charge on any atom is 0.257 e. The molecule has 0 spiro atoms. The lowest BCUT2D eigenvalue weighted by Crippen LogP contribution is -2.48. The third-order valence-corrected chi connectivity index (χ3v) is 9.08. The number of ether oxygens (including phenoxy) is 1. The molecule has 0 radical (unpaired) electrons. The first-order valence-electron chi connectivity index (χ1n) is 11.1. The molecule has 11 heteroatoms. The van der Waals surface area contributed by atoms with E-state index in [2.05, 4.69) is 21.3 Å². The average Bonchev–Trinajstić information content (AvgIpc) is 3.54. The number of amides is 1. The average molecular weight is 521 g/mol. The molecule has 0 unspecified atom stereocenters. The van der Waals surface area contributed by atoms with Crippen molar-refractivity contribution in [3.8, 4) is 5.75 Å². The van der Waals surface area contributed by atoms with Crippen molar-refractivity contribution in [3.05, 3.63) is 63.3 Å². The zero-order valence-corrected chi connectivity index (χ0v) is 21.4. The van der Waals surface area contributed by atoms with Gasteiger partial charge < -0.3 is 4.74 Å². The van der Waals surface area contributed by atoms with E-state index in [1.54, 1.807) is 34.8 Å². The highest BCUT2D eigenvalue weighted by molar-refractivity contribution is 7.89. The van der Waals surface area contributed by atoms with Crippen LogP contribution in [0, 0.1) is 0 Å². The Morgan fingerprint density at radius 1 is 1.15 bits per heavy atom. The number of carbonyl (C=O) groups excluding carboxylic acids is 1. The van der Waals surface area contributed by atoms with Crippen LogP contribution in [-0.2, 0) is 23.0 Å². The lowest BCUT2D eigenvalue weighted by Gasteiger charge is -2.33. The Morgan fingerprint density at radius 2 is 1.97 bits per heavy atom. The number of piperazine rings is 1. The number of nitrogens with zero attached hydrogens (tertiary/aromatic N) is 3. The highest BCUT2D eigenvalue weighted by Crippen LogP contribution is 2.22. The molecule has 34 heavy (non-hydrogen) atoms. The summed E-state index contributed by atoms with van der Waals surface area (Å²) in [7, 11) is -3.17. The van der Waals surface area contributed by atoms with Crippen LogP contribution in [0.2, 0.25) is 0 Å². The molecule has 182 valence electrons. The van der Waals surface area contributed by atoms with Crippen LogP contribution < -0.4 is 10.1 Å². The minimum atomic E-state index is -3.17. The Morgan fingerprint density at radius 3 is 2.65 bits per heavy atom. The monoisotopic (exact) mass is 520 g/mol. The maximum atomic E-state index is 12.9. The number of sulfonamides is 1. The molecule has 8 nitrogen and oxygen atoms in total. The minimum absolute atomic E-state index is 0.120. The highest BCUT2D eigenvalue weighted by Gasteiger charge is 2.25. The molecule has 2 aromatic heterocycles. The Hall–Kier alpha value is -2.31. The van der Waals surface area contributed by atoms with Gasteiger partial charge >= 0.3 is 0 Å². The normalized spacial score (nSPS) is 15.3. The smallest absolute Gasteiger partial charge is 0.257 e. The second-order valence-electron chi connectivity index (χ2n) is 7.91. The lowest BCUT2D eigenvalue weighted by atomic mass is 10.1. The SMILES string of the molecule is CCS(=O)(=O)N1CCN(Cc2cc(OCCc3cccs3)cc(C(=O)Nc3nccs3)c2)CC1. The fraction of sp³-hybridized carbons (Fsp3) is 0.391. The van der Waals surface area contributed by atoms with Gasteiger partial charge in [0.2, 0.25) is 10.0 Å². The van der Waals surface area contributed by atoms with E-state index in [0.29, 0.717) is 55.8 Å². The molecule has 4 rings (SSSR count). The zero-order valence-electron chi connectivity index (χ0n) is 19.0. The first kappa shape index (κ1) is 24.8. The standard InChI is InChI=1S/C23H28N4O4S3/c1-2-34(29,30)27-9-7-26(8-10-27)17-18-14-19(22(28)25-23-24-6-13-33-23)16-20(15-18)31-11-5-21-4-3-12-32-21/h3-4,6,12-16H,2,5,7-11,17H2,1H3,(H,24,25,28). The Labute approximate surface area is 208 Å². The molecule has 3 aromatic rings. The number of hydrogen-bond donors (Lipinski definition) is 1. The lowest BCUT2D eigenvalue weighted by molar-refractivity contribution is 0.102. The molecule has 0 bridgehead atoms. The molecule has 1 aromatic carbocycles. The number of rotatable bonds is 10. The van der Waals surface area contributed by atoms with Crippen LogP contribution >= 0.6 is 22.7 Å². The summed E-state index contributed by atoms with van der Waals surface area (Å²) < 4.78 is 31.9. The van der Waals surface area contributed by atoms with Crippen LogP contribution in [0.4, 0.5) is 5.13 Å². The van der Waals surface area contributed by atoms with Gasteiger partial charge in [-0.2, -0.15) is 4.31 Å². The second-order valence-corrected chi connectivity index (χ2v) is 12.1. The van der Waals surface area contributed by atoms with Gasteiger partial charge in [0.15, 0.2) is 5.13 Å². The van der Waals surface area contributed by atoms with Crippen molar-refractivity contribution in [1.29, 1.82) is 0 Å². The second kappa shape index (κ2) is 11.4. The van der Waals surface area contributed by atoms with E-state index in [1.165, 1.54) is 16.2 Å². The van der Waals surface area contributed by atoms with E-state index in [-0.39, 0.29) is 11.7 Å². The molecule has 1 saturated heterocycles. The molecule has 1 aliphatic heterocycles. The molecule has 1 aliphatic rings. The summed E-state index contributed by atoms with van der Waals surface area (Å²) in [4.78, 5) is 20.4. The fourth-order valence-corrected chi connectivity index (χ4v) is 6.05. The fourth-order valence-electron chi connectivity index (χ4n) is 3.75. The third kappa shape index (κ3) is 6.63. The van der Waals surface area contributed by atoms with Crippen molar-refractivity contribution in [2.24, 2.45) is 0 Å². The van der Waals surface area contributed by atoms with E-state index in [1.807, 2.05) is 29.0 Å². The van der Waals surface area contributed by atoms with Crippen molar-refractivity contribution in [3.63, 3.8) is 0 Å². The van der Waals surface area contributed by atoms with Crippen LogP contribution in [0.5, 0.6) is 5.75 Å². The topological polar surface area (TPSA) is 91.8 Å². The molecule has 3 heterocycles. The van der Waals surface area contributed by atoms with Gasteiger partial charge in [-0.15, -0.1) is 22.7 Å². The molecule has 0 aliphatic carbocycles. The van der Waals surface area contributed by atoms with Crippen molar-refractivity contribution in [2.75, 3.05) is 43.9 Å². The number of carbonyl (C=O) groups is 1. The van der Waals surface area contributed by atoms with Gasteiger partial charge in [-0.3, -0.25) is 15.0 Å². The van der Waals surface area contributed by atoms with Crippen LogP contribution in [-0.4, -0.2) is 67.1 Å². The van der Waals surface area contributed by atoms with Crippen molar-refractivity contribution < 1.29 is 17.9 Å². The Bertz CT molecular complexity index is 1170. The predicted octanol–water partition coefficient (Wildman–Crippen LogP) is 3.55. The summed E-state index contributed by atoms with van der Waals surface area (Å²) in [5.74, 6) is 0.527. The predicted molar refractivity (Wildman–Crippen MR) is 136 cm³/mol. The summed E-state index contributed by atoms with van der Waals surface area (Å²) in [6.07, 6.45) is 2.45. The van der Waals surface area contributed by atoms with Gasteiger partial charge in [-0.05, 0) is 42.1 Å². The molecule has 0 saturated carbocycles. The summed E-state index contributed by atoms with van der Waals surface area (Å²) in [6, 6.07) is 9.68. The van der Waals surface area contributed by atoms with Crippen LogP contribution in [0.3, 0.4) is 0 Å². The first-order chi connectivity index (χ1) is 16.4. The number of thiazole rings is 1. The van der Waals surface area contributed by atoms with E-state index in [0.717, 1.165) is 12.0 Å². The van der Waals surface area contributed by atoms with Crippen LogP contribution in [0.1, 0.15) is 27.7 Å². The van der Waals surface area contributed by atoms with Gasteiger partial charge in [0, 0.05) is 61.2 Å². The van der Waals surface area contributed by atoms with E-state index in [4.69, 9.17) is 4.74 Å². The third-order valence-electron chi connectivity index (χ3n) is 5.57. The first-order valence-corrected chi connectivity index (χ1v) is 14.5. The molecule has 1 amide bonds. The van der Waals surface area contributed by atoms with Gasteiger partial charge in [-0.25, -0.2) is 13.4 Å². The van der Waals surface area contributed by atoms with E-state index < -0.39 is 10.0 Å². The number of nitrogens with one attached hydrogen (secondary N) is 1. The van der Waals surface area contributed by atoms with Crippen LogP contribution in [0.25, 0.3) is 0 Å². The summed E-state index contributed by atoms with van der Waals surface area (Å²) in [6.45, 7) is 5.04. The Balaban J connectivity index is 1.45. The van der Waals surface area contributed by atoms with Gasteiger partial charge in [0.05, 0.1) is 12.4 Å². The van der Waals surface area contributed by atoms with E-state index in [9.17, 15) is 13.2 Å². The Kier molecular flexibility index (Phi) is 8.32. The largest absolute Gasteiger partial charge is 0.493 e. The van der Waals surface area contributed by atoms with Crippen molar-refractivity contribution >= 4 is 43.7 Å². The van der Waals surface area contributed by atoms with Crippen molar-refractivity contribution in [1.82, 2.24) is 14.2 Å². The van der Waals surface area contributed by atoms with Crippen molar-refractivity contribution in [2.45, 2.75) is 19.9 Å². The number of anilines is 1. The summed E-state index contributed by atoms with van der Waals surface area (Å²) >= 11 is 3.06. The van der Waals surface area contributed by atoms with E-state index >= 15 is 0 Å². The zero-order chi connectivity index (χ0) is 24.0. The number of benzene rings is 1. The van der Waals surface area contributed by atoms with Crippen LogP contribution in [0.15, 0.2) is 47.3 Å². The molecule has 1 N–H and O–H groups in total. The number of hydrogen-bond acceptors (Lipinski definition) is 8. The van der Waals surface area contributed by atoms with Gasteiger partial charge in [0.25, 0.3) is 5.91 Å². The molecular weight excluding hydrogens is 492 g/mol. The quantitative estimate of drug-likeness (QED) is 0.440. The minimum Gasteiger partial charge on any atom is -0.493 e. The molecule has 0 atom stereocenters. The number of thiophene rings is 1. The number of aromatic nitrogens is 1. The van der Waals surface area contributed by atoms with Gasteiger partial charge in [0.1, 0.15) is 5.75 Å². The maximum absolute atomic E-state index is 12.9. The summed E-state index contributed by atoms with van der Waals surface area (Å²) in [5.41, 5.74) is 1.45. The summed E-state index contributed by atoms with van der Waals surface area (Å²) in [5, 5.41) is 7.23. The molecular formula is C23H28N4O4S3. The highest BCUT2D eigenvalue weighted by atomic mass is 32.2. The van der Waals surface area contributed by atoms with Gasteiger partial charge in [-0.1, -0.05) is 6.07 Å².